The van der Waals surface area contributed by atoms with E-state index in [2.05, 4.69) is 0 Å². The average Bonchev–Trinajstić information content (AvgIpc) is 1.36. The van der Waals surface area contributed by atoms with Gasteiger partial charge in [-0.25, -0.2) is 4.79 Å². The van der Waals surface area contributed by atoms with E-state index in [4.69, 9.17) is 19.8 Å². The van der Waals surface area contributed by atoms with Crippen LogP contribution in [-0.4, -0.2) is 17.0 Å². The molecule has 11 heavy (non-hydrogen) atoms. The summed E-state index contributed by atoms with van der Waals surface area (Å²) in [4.78, 5) is 18.0. The van der Waals surface area contributed by atoms with Gasteiger partial charge < -0.3 is 15.0 Å². The quantitative estimate of drug-likeness (QED) is 0.367. The molecule has 0 heterocycles. The summed E-state index contributed by atoms with van der Waals surface area (Å²) < 4.78 is 0. The fourth-order valence-corrected chi connectivity index (χ4v) is 0. The summed E-state index contributed by atoms with van der Waals surface area (Å²) in [6, 6.07) is 0. The minimum Gasteiger partial charge on any atom is -0.539 e. The van der Waals surface area contributed by atoms with E-state index >= 15 is 0 Å². The molecule has 9 heteroatoms. The number of rotatable bonds is 0. The topological polar surface area (TPSA) is 77.4 Å². The Morgan fingerprint density at radius 2 is 1.09 bits per heavy atom. The molecule has 0 unspecified atom stereocenters. The zero-order valence-electron chi connectivity index (χ0n) is 5.30. The van der Waals surface area contributed by atoms with Crippen molar-refractivity contribution >= 4 is 61.6 Å². The molecule has 0 aromatic rings. The number of carboxylic acids is 2. The predicted octanol–water partition coefficient (Wildman–Crippen LogP) is -3.49. The molecule has 0 aliphatic heterocycles. The van der Waals surface area contributed by atoms with Crippen molar-refractivity contribution in [3.8, 4) is 0 Å². The molecule has 0 saturated heterocycles. The van der Waals surface area contributed by atoms with E-state index in [1.807, 2.05) is 0 Å². The van der Waals surface area contributed by atoms with Crippen LogP contribution in [0.5, 0.6) is 0 Å². The van der Waals surface area contributed by atoms with Crippen LogP contribution < -0.4 is 56.5 Å². The van der Waals surface area contributed by atoms with Crippen molar-refractivity contribution < 1.29 is 71.2 Å². The fourth-order valence-electron chi connectivity index (χ4n) is 0. The number of carboxylic acid groups (broad SMARTS) is 2. The predicted molar refractivity (Wildman–Crippen MR) is 41.6 cm³/mol. The average molecular weight is 274 g/mol. The van der Waals surface area contributed by atoms with Crippen LogP contribution in [0, 0.1) is 0 Å². The summed E-state index contributed by atoms with van der Waals surface area (Å²) in [5.41, 5.74) is 0. The minimum atomic E-state index is -2.07. The van der Waals surface area contributed by atoms with Crippen molar-refractivity contribution in [2.24, 2.45) is 0 Å². The van der Waals surface area contributed by atoms with Gasteiger partial charge in [-0.3, -0.25) is 0 Å². The van der Waals surface area contributed by atoms with E-state index < -0.39 is 11.9 Å². The van der Waals surface area contributed by atoms with Gasteiger partial charge in [0.1, 0.15) is 0 Å². The van der Waals surface area contributed by atoms with E-state index in [1.165, 1.54) is 0 Å². The first-order valence-corrected chi connectivity index (χ1v) is 1.09. The molecule has 0 radical (unpaired) electrons. The number of hydrogen-bond acceptors (Lipinski definition) is 3. The molecule has 0 bridgehead atoms. The van der Waals surface area contributed by atoms with Gasteiger partial charge in [0, 0.05) is 0 Å². The second-order valence-electron chi connectivity index (χ2n) is 0.593. The maximum absolute atomic E-state index is 9.04. The Kier molecular flexibility index (Phi) is 79.4. The second kappa shape index (κ2) is 22.6. The SMILES string of the molecule is Cl.Cl.Cl.Cl.O=C([O-])C(=O)O.[K+]. The number of hydrogen-bond donors (Lipinski definition) is 1. The van der Waals surface area contributed by atoms with Crippen molar-refractivity contribution in [1.29, 1.82) is 0 Å². The van der Waals surface area contributed by atoms with Crippen LogP contribution in [0.25, 0.3) is 0 Å². The molecule has 0 saturated carbocycles. The van der Waals surface area contributed by atoms with Crippen LogP contribution in [0.4, 0.5) is 0 Å². The number of halogens is 4. The normalized spacial score (nSPS) is 4.00. The van der Waals surface area contributed by atoms with Crippen LogP contribution in [0.3, 0.4) is 0 Å². The van der Waals surface area contributed by atoms with E-state index in [-0.39, 0.29) is 101 Å². The van der Waals surface area contributed by atoms with Gasteiger partial charge in [0.05, 0.1) is 0 Å². The smallest absolute Gasteiger partial charge is 0.539 e. The third-order valence-electron chi connectivity index (χ3n) is 0.175. The summed E-state index contributed by atoms with van der Waals surface area (Å²) in [6.07, 6.45) is 0. The van der Waals surface area contributed by atoms with Crippen molar-refractivity contribution in [2.45, 2.75) is 0 Å². The largest absolute Gasteiger partial charge is 1.00 e. The summed E-state index contributed by atoms with van der Waals surface area (Å²) in [7, 11) is 0. The van der Waals surface area contributed by atoms with Crippen LogP contribution >= 0.6 is 49.6 Å². The standard InChI is InChI=1S/C2H2O4.4ClH.K/c3-1(4)2(5)6;;;;;/h(H,3,4)(H,5,6);4*1H;/q;;;;;+1/p-1. The second-order valence-corrected chi connectivity index (χ2v) is 0.593. The van der Waals surface area contributed by atoms with Gasteiger partial charge in [-0.1, -0.05) is 0 Å². The molecule has 4 nitrogen and oxygen atoms in total. The fraction of sp³-hybridized carbons (Fsp3) is 0. The number of carbonyl (C=O) groups is 2. The molecular weight excluding hydrogens is 269 g/mol. The molecule has 0 fully saturated rings. The Hall–Kier alpha value is 1.74. The van der Waals surface area contributed by atoms with E-state index in [1.54, 1.807) is 0 Å². The molecule has 0 aromatic carbocycles. The maximum Gasteiger partial charge on any atom is 1.00 e. The Bertz CT molecular complexity index is 86.1. The van der Waals surface area contributed by atoms with Gasteiger partial charge in [0.25, 0.3) is 0 Å². The first-order valence-electron chi connectivity index (χ1n) is 1.09. The number of carbonyl (C=O) groups excluding carboxylic acids is 1. The Balaban J connectivity index is -0.0000000125. The summed E-state index contributed by atoms with van der Waals surface area (Å²) in [5.74, 6) is -4.01. The maximum atomic E-state index is 9.04. The van der Waals surface area contributed by atoms with Crippen molar-refractivity contribution in [1.82, 2.24) is 0 Å². The zero-order valence-corrected chi connectivity index (χ0v) is 11.7. The molecular formula is C2H5Cl4KO4. The molecule has 1 N–H and O–H groups in total. The number of aliphatic carboxylic acids is 2. The van der Waals surface area contributed by atoms with Gasteiger partial charge in [0.2, 0.25) is 0 Å². The van der Waals surface area contributed by atoms with Crippen molar-refractivity contribution in [3.05, 3.63) is 0 Å². The van der Waals surface area contributed by atoms with Crippen LogP contribution in [0.15, 0.2) is 0 Å². The molecule has 0 amide bonds. The van der Waals surface area contributed by atoms with E-state index in [9.17, 15) is 0 Å². The molecule has 0 spiro atoms. The first-order chi connectivity index (χ1) is 2.64. The van der Waals surface area contributed by atoms with Gasteiger partial charge in [-0.2, -0.15) is 0 Å². The zero-order chi connectivity index (χ0) is 5.15. The first kappa shape index (κ1) is 38.7. The molecule has 66 valence electrons. The van der Waals surface area contributed by atoms with Crippen LogP contribution in [0.2, 0.25) is 0 Å². The van der Waals surface area contributed by atoms with Gasteiger partial charge in [-0.15, -0.1) is 49.6 Å². The third kappa shape index (κ3) is 33.8. The Morgan fingerprint density at radius 1 is 1.00 bits per heavy atom. The van der Waals surface area contributed by atoms with Crippen molar-refractivity contribution in [3.63, 3.8) is 0 Å². The van der Waals surface area contributed by atoms with E-state index in [0.29, 0.717) is 0 Å². The Morgan fingerprint density at radius 3 is 1.09 bits per heavy atom. The third-order valence-corrected chi connectivity index (χ3v) is 0.175. The summed E-state index contributed by atoms with van der Waals surface area (Å²) in [6.45, 7) is 0. The monoisotopic (exact) mass is 272 g/mol. The van der Waals surface area contributed by atoms with Gasteiger partial charge >= 0.3 is 57.4 Å². The van der Waals surface area contributed by atoms with Crippen LogP contribution in [-0.2, 0) is 9.59 Å². The molecule has 0 atom stereocenters. The van der Waals surface area contributed by atoms with Gasteiger partial charge in [0.15, 0.2) is 5.97 Å². The van der Waals surface area contributed by atoms with E-state index in [0.717, 1.165) is 0 Å². The van der Waals surface area contributed by atoms with Crippen molar-refractivity contribution in [2.75, 3.05) is 0 Å². The molecule has 0 rings (SSSR count). The molecule has 0 aliphatic rings. The Labute approximate surface area is 131 Å². The minimum absolute atomic E-state index is 0. The van der Waals surface area contributed by atoms with Gasteiger partial charge in [-0.05, 0) is 0 Å². The summed E-state index contributed by atoms with van der Waals surface area (Å²) in [5, 5.41) is 16.3. The molecule has 0 aromatic heterocycles. The molecule has 0 aliphatic carbocycles. The van der Waals surface area contributed by atoms with Crippen LogP contribution in [0.1, 0.15) is 0 Å². The summed E-state index contributed by atoms with van der Waals surface area (Å²) >= 11 is 0.